The molecule has 3 rings (SSSR count). The monoisotopic (exact) mass is 542 g/mol. The molecule has 0 saturated carbocycles. The minimum Gasteiger partial charge on any atom is -0.391 e. The quantitative estimate of drug-likeness (QED) is 0.485. The van der Waals surface area contributed by atoms with Crippen LogP contribution in [0.25, 0.3) is 10.4 Å². The number of benzene rings is 1. The van der Waals surface area contributed by atoms with Gasteiger partial charge in [-0.25, -0.2) is 4.98 Å². The van der Waals surface area contributed by atoms with Crippen LogP contribution >= 0.6 is 11.3 Å². The number of aliphatic hydroxyl groups is 1. The van der Waals surface area contributed by atoms with Crippen LogP contribution in [0.1, 0.15) is 78.6 Å². The van der Waals surface area contributed by atoms with Gasteiger partial charge in [-0.2, -0.15) is 0 Å². The summed E-state index contributed by atoms with van der Waals surface area (Å²) < 4.78 is 0. The number of carbonyl (C=O) groups excluding carboxylic acids is 3. The standard InChI is InChI=1S/C29H42N4O4S/c1-17(19-9-11-20(12-10-19)24-18(2)30-16-38-24)31-26(36)22-13-21(34)15-33(22)27(37)25(29(6,7)8)32-23(35)14-28(3,4)5/h9-12,16-17,21-22,25,34H,13-15H2,1-8H3,(H,31,36)(H,32,35). The van der Waals surface area contributed by atoms with Gasteiger partial charge in [-0.1, -0.05) is 65.8 Å². The van der Waals surface area contributed by atoms with Gasteiger partial charge in [0.2, 0.25) is 17.7 Å². The Bertz CT molecular complexity index is 1150. The molecule has 208 valence electrons. The van der Waals surface area contributed by atoms with E-state index in [1.807, 2.05) is 85.2 Å². The Morgan fingerprint density at radius 1 is 1.11 bits per heavy atom. The summed E-state index contributed by atoms with van der Waals surface area (Å²) in [7, 11) is 0. The molecule has 0 aliphatic carbocycles. The fraction of sp³-hybridized carbons (Fsp3) is 0.586. The number of nitrogens with one attached hydrogen (secondary N) is 2. The number of hydrogen-bond donors (Lipinski definition) is 3. The molecule has 0 bridgehead atoms. The van der Waals surface area contributed by atoms with E-state index in [2.05, 4.69) is 15.6 Å². The van der Waals surface area contributed by atoms with Crippen LogP contribution in [0.15, 0.2) is 29.8 Å². The number of aliphatic hydroxyl groups excluding tert-OH is 1. The molecule has 1 aliphatic heterocycles. The van der Waals surface area contributed by atoms with Crippen molar-refractivity contribution in [2.45, 2.75) is 92.5 Å². The first kappa shape index (κ1) is 29.8. The number of amides is 3. The molecule has 1 aliphatic rings. The second-order valence-electron chi connectivity index (χ2n) is 12.6. The highest BCUT2D eigenvalue weighted by Crippen LogP contribution is 2.30. The van der Waals surface area contributed by atoms with Gasteiger partial charge in [0.25, 0.3) is 0 Å². The highest BCUT2D eigenvalue weighted by atomic mass is 32.1. The average Bonchev–Trinajstić information content (AvgIpc) is 3.40. The maximum absolute atomic E-state index is 13.7. The van der Waals surface area contributed by atoms with E-state index in [-0.39, 0.29) is 48.6 Å². The van der Waals surface area contributed by atoms with Crippen molar-refractivity contribution in [3.05, 3.63) is 41.0 Å². The van der Waals surface area contributed by atoms with Crippen LogP contribution in [0.2, 0.25) is 0 Å². The minimum absolute atomic E-state index is 0.0515. The summed E-state index contributed by atoms with van der Waals surface area (Å²) >= 11 is 1.59. The van der Waals surface area contributed by atoms with Gasteiger partial charge in [-0.05, 0) is 35.8 Å². The normalized spacial score (nSPS) is 19.7. The molecule has 0 spiro atoms. The lowest BCUT2D eigenvalue weighted by Gasteiger charge is -2.36. The lowest BCUT2D eigenvalue weighted by Crippen LogP contribution is -2.58. The lowest BCUT2D eigenvalue weighted by molar-refractivity contribution is -0.144. The Labute approximate surface area is 230 Å². The first-order chi connectivity index (χ1) is 17.6. The van der Waals surface area contributed by atoms with E-state index < -0.39 is 23.6 Å². The van der Waals surface area contributed by atoms with Gasteiger partial charge < -0.3 is 20.6 Å². The largest absolute Gasteiger partial charge is 0.391 e. The summed E-state index contributed by atoms with van der Waals surface area (Å²) in [6.07, 6.45) is -0.378. The summed E-state index contributed by atoms with van der Waals surface area (Å²) in [6, 6.07) is 6.06. The first-order valence-corrected chi connectivity index (χ1v) is 14.0. The van der Waals surface area contributed by atoms with Gasteiger partial charge in [-0.15, -0.1) is 11.3 Å². The number of aryl methyl sites for hydroxylation is 1. The smallest absolute Gasteiger partial charge is 0.246 e. The number of nitrogens with zero attached hydrogens (tertiary/aromatic N) is 2. The Morgan fingerprint density at radius 3 is 2.26 bits per heavy atom. The second kappa shape index (κ2) is 11.5. The van der Waals surface area contributed by atoms with Crippen LogP contribution in [0.3, 0.4) is 0 Å². The Hall–Kier alpha value is -2.78. The molecule has 3 N–H and O–H groups in total. The molecule has 4 atom stereocenters. The van der Waals surface area contributed by atoms with Gasteiger partial charge in [0.15, 0.2) is 0 Å². The molecule has 4 unspecified atom stereocenters. The third-order valence-electron chi connectivity index (χ3n) is 6.75. The van der Waals surface area contributed by atoms with Crippen molar-refractivity contribution in [1.82, 2.24) is 20.5 Å². The maximum atomic E-state index is 13.7. The second-order valence-corrected chi connectivity index (χ2v) is 13.5. The van der Waals surface area contributed by atoms with Crippen molar-refractivity contribution >= 4 is 29.1 Å². The number of β-amino-alcohol motifs (C(OH)–C–C–N with tert-alkyl or cyclic N) is 1. The highest BCUT2D eigenvalue weighted by Gasteiger charge is 2.44. The number of carbonyl (C=O) groups is 3. The van der Waals surface area contributed by atoms with E-state index in [4.69, 9.17) is 0 Å². The zero-order chi connectivity index (χ0) is 28.4. The third kappa shape index (κ3) is 7.41. The van der Waals surface area contributed by atoms with Crippen LogP contribution in [-0.4, -0.2) is 57.4 Å². The topological polar surface area (TPSA) is 112 Å². The molecule has 2 heterocycles. The minimum atomic E-state index is -0.821. The van der Waals surface area contributed by atoms with Crippen LogP contribution < -0.4 is 10.6 Å². The molecule has 2 aromatic rings. The molecule has 1 aromatic heterocycles. The zero-order valence-electron chi connectivity index (χ0n) is 23.8. The van der Waals surface area contributed by atoms with E-state index in [0.29, 0.717) is 0 Å². The van der Waals surface area contributed by atoms with Gasteiger partial charge in [0, 0.05) is 19.4 Å². The first-order valence-electron chi connectivity index (χ1n) is 13.2. The molecule has 8 nitrogen and oxygen atoms in total. The Kier molecular flexibility index (Phi) is 9.04. The fourth-order valence-electron chi connectivity index (χ4n) is 4.71. The van der Waals surface area contributed by atoms with Gasteiger partial charge in [-0.3, -0.25) is 14.4 Å². The molecule has 0 radical (unpaired) electrons. The van der Waals surface area contributed by atoms with Crippen molar-refractivity contribution < 1.29 is 19.5 Å². The molecule has 1 aromatic carbocycles. The van der Waals surface area contributed by atoms with E-state index in [1.165, 1.54) is 4.90 Å². The molecule has 1 saturated heterocycles. The summed E-state index contributed by atoms with van der Waals surface area (Å²) in [6.45, 7) is 15.5. The van der Waals surface area contributed by atoms with Crippen molar-refractivity contribution in [2.24, 2.45) is 10.8 Å². The molecule has 9 heteroatoms. The lowest BCUT2D eigenvalue weighted by atomic mass is 9.84. The highest BCUT2D eigenvalue weighted by molar-refractivity contribution is 7.13. The molecule has 3 amide bonds. The summed E-state index contributed by atoms with van der Waals surface area (Å²) in [5.74, 6) is -0.885. The third-order valence-corrected chi connectivity index (χ3v) is 7.73. The predicted octanol–water partition coefficient (Wildman–Crippen LogP) is 4.22. The summed E-state index contributed by atoms with van der Waals surface area (Å²) in [5, 5.41) is 16.3. The van der Waals surface area contributed by atoms with Gasteiger partial charge in [0.05, 0.1) is 28.2 Å². The van der Waals surface area contributed by atoms with E-state index >= 15 is 0 Å². The predicted molar refractivity (Wildman–Crippen MR) is 150 cm³/mol. The number of hydrogen-bond acceptors (Lipinski definition) is 6. The Morgan fingerprint density at radius 2 is 1.74 bits per heavy atom. The van der Waals surface area contributed by atoms with Gasteiger partial charge >= 0.3 is 0 Å². The van der Waals surface area contributed by atoms with Crippen molar-refractivity contribution in [1.29, 1.82) is 0 Å². The Balaban J connectivity index is 1.72. The van der Waals surface area contributed by atoms with Crippen molar-refractivity contribution in [2.75, 3.05) is 6.54 Å². The number of aromatic nitrogens is 1. The molecular weight excluding hydrogens is 500 g/mol. The molecule has 38 heavy (non-hydrogen) atoms. The van der Waals surface area contributed by atoms with Crippen molar-refractivity contribution in [3.63, 3.8) is 0 Å². The van der Waals surface area contributed by atoms with E-state index in [9.17, 15) is 19.5 Å². The summed E-state index contributed by atoms with van der Waals surface area (Å²) in [5.41, 5.74) is 4.01. The van der Waals surface area contributed by atoms with Gasteiger partial charge in [0.1, 0.15) is 12.1 Å². The molecular formula is C29H42N4O4S. The van der Waals surface area contributed by atoms with Crippen LogP contribution in [0.5, 0.6) is 0 Å². The van der Waals surface area contributed by atoms with E-state index in [1.54, 1.807) is 11.3 Å². The number of likely N-dealkylation sites (tertiary alicyclic amines) is 1. The number of thiazole rings is 1. The van der Waals surface area contributed by atoms with Crippen LogP contribution in [-0.2, 0) is 14.4 Å². The average molecular weight is 543 g/mol. The maximum Gasteiger partial charge on any atom is 0.246 e. The van der Waals surface area contributed by atoms with E-state index in [0.717, 1.165) is 21.7 Å². The van der Waals surface area contributed by atoms with Crippen molar-refractivity contribution in [3.8, 4) is 10.4 Å². The zero-order valence-corrected chi connectivity index (χ0v) is 24.6. The SMILES string of the molecule is Cc1ncsc1-c1ccc(C(C)NC(=O)C2CC(O)CN2C(=O)C(NC(=O)CC(C)(C)C)C(C)(C)C)cc1. The van der Waals surface area contributed by atoms with Crippen LogP contribution in [0, 0.1) is 17.8 Å². The molecule has 1 fully saturated rings. The summed E-state index contributed by atoms with van der Waals surface area (Å²) in [4.78, 5) is 46.6. The van der Waals surface area contributed by atoms with Crippen LogP contribution in [0.4, 0.5) is 0 Å². The number of rotatable bonds is 7. The fourth-order valence-corrected chi connectivity index (χ4v) is 5.52.